The molecule has 2 N–H and O–H groups in total. The lowest BCUT2D eigenvalue weighted by Gasteiger charge is -2.06. The molecule has 0 aliphatic rings. The van der Waals surface area contributed by atoms with Gasteiger partial charge in [0.2, 0.25) is 5.91 Å². The van der Waals surface area contributed by atoms with Crippen LogP contribution < -0.4 is 10.6 Å². The first-order valence-electron chi connectivity index (χ1n) is 4.59. The van der Waals surface area contributed by atoms with E-state index in [9.17, 15) is 18.4 Å². The Balaban J connectivity index is 2.50. The van der Waals surface area contributed by atoms with E-state index in [-0.39, 0.29) is 12.2 Å². The van der Waals surface area contributed by atoms with Gasteiger partial charge >= 0.3 is 6.09 Å². The van der Waals surface area contributed by atoms with Crippen molar-refractivity contribution >= 4 is 17.7 Å². The van der Waals surface area contributed by atoms with Crippen molar-refractivity contribution in [2.45, 2.75) is 0 Å². The fraction of sp³-hybridized carbons (Fsp3) is 0.200. The Morgan fingerprint density at radius 2 is 2.00 bits per heavy atom. The summed E-state index contributed by atoms with van der Waals surface area (Å²) < 4.78 is 29.6. The van der Waals surface area contributed by atoms with E-state index in [0.29, 0.717) is 0 Å². The largest absolute Gasteiger partial charge is 0.453 e. The van der Waals surface area contributed by atoms with Crippen molar-refractivity contribution in [2.75, 3.05) is 19.0 Å². The molecule has 17 heavy (non-hydrogen) atoms. The quantitative estimate of drug-likeness (QED) is 0.841. The molecule has 92 valence electrons. The van der Waals surface area contributed by atoms with Crippen LogP contribution in [-0.4, -0.2) is 25.7 Å². The molecule has 0 bridgehead atoms. The topological polar surface area (TPSA) is 67.4 Å². The summed E-state index contributed by atoms with van der Waals surface area (Å²) in [4.78, 5) is 21.9. The van der Waals surface area contributed by atoms with Crippen LogP contribution in [0, 0.1) is 11.6 Å². The zero-order chi connectivity index (χ0) is 12.8. The van der Waals surface area contributed by atoms with Crippen molar-refractivity contribution in [2.24, 2.45) is 0 Å². The van der Waals surface area contributed by atoms with Crippen LogP contribution >= 0.6 is 0 Å². The van der Waals surface area contributed by atoms with Crippen LogP contribution in [-0.2, 0) is 9.53 Å². The fourth-order valence-electron chi connectivity index (χ4n) is 1.00. The average Bonchev–Trinajstić information content (AvgIpc) is 2.31. The van der Waals surface area contributed by atoms with Crippen molar-refractivity contribution in [3.05, 3.63) is 29.8 Å². The van der Waals surface area contributed by atoms with Crippen LogP contribution in [0.3, 0.4) is 0 Å². The van der Waals surface area contributed by atoms with E-state index in [1.54, 1.807) is 0 Å². The van der Waals surface area contributed by atoms with E-state index in [4.69, 9.17) is 0 Å². The minimum absolute atomic E-state index is 0.0977. The second-order valence-electron chi connectivity index (χ2n) is 3.02. The highest BCUT2D eigenvalue weighted by atomic mass is 19.2. The number of halogens is 2. The minimum atomic E-state index is -1.07. The monoisotopic (exact) mass is 244 g/mol. The molecule has 5 nitrogen and oxygen atoms in total. The maximum absolute atomic E-state index is 12.8. The standard InChI is InChI=1S/C10H10F2N2O3/c1-17-10(16)13-5-9(15)14-6-2-3-7(11)8(12)4-6/h2-4H,5H2,1H3,(H,13,16)(H,14,15). The van der Waals surface area contributed by atoms with E-state index < -0.39 is 23.6 Å². The molecule has 0 radical (unpaired) electrons. The third-order valence-corrected chi connectivity index (χ3v) is 1.78. The van der Waals surface area contributed by atoms with Crippen LogP contribution in [0.4, 0.5) is 19.3 Å². The molecule has 0 aliphatic carbocycles. The number of carbonyl (C=O) groups excluding carboxylic acids is 2. The molecule has 1 aromatic rings. The zero-order valence-electron chi connectivity index (χ0n) is 8.92. The van der Waals surface area contributed by atoms with Gasteiger partial charge in [-0.3, -0.25) is 4.79 Å². The lowest BCUT2D eigenvalue weighted by molar-refractivity contribution is -0.115. The molecule has 7 heteroatoms. The summed E-state index contributed by atoms with van der Waals surface area (Å²) in [6.07, 6.45) is -0.759. The Labute approximate surface area is 95.8 Å². The van der Waals surface area contributed by atoms with E-state index >= 15 is 0 Å². The maximum atomic E-state index is 12.8. The first-order valence-corrected chi connectivity index (χ1v) is 4.59. The molecule has 0 atom stereocenters. The van der Waals surface area contributed by atoms with Gasteiger partial charge < -0.3 is 15.4 Å². The summed E-state index contributed by atoms with van der Waals surface area (Å²) in [5.74, 6) is -2.65. The van der Waals surface area contributed by atoms with Crippen molar-refractivity contribution < 1.29 is 23.1 Å². The van der Waals surface area contributed by atoms with E-state index in [0.717, 1.165) is 19.2 Å². The molecule has 0 saturated heterocycles. The molecule has 0 aromatic heterocycles. The summed E-state index contributed by atoms with van der Waals surface area (Å²) in [5, 5.41) is 4.41. The number of hydrogen-bond donors (Lipinski definition) is 2. The van der Waals surface area contributed by atoms with E-state index in [2.05, 4.69) is 15.4 Å². The second kappa shape index (κ2) is 5.78. The predicted octanol–water partition coefficient (Wildman–Crippen LogP) is 1.26. The number of anilines is 1. The third kappa shape index (κ3) is 4.06. The number of carbonyl (C=O) groups is 2. The highest BCUT2D eigenvalue weighted by Crippen LogP contribution is 2.12. The lowest BCUT2D eigenvalue weighted by atomic mass is 10.3. The number of rotatable bonds is 3. The smallest absolute Gasteiger partial charge is 0.407 e. The van der Waals surface area contributed by atoms with E-state index in [1.807, 2.05) is 0 Å². The molecular formula is C10H10F2N2O3. The first kappa shape index (κ1) is 12.9. The summed E-state index contributed by atoms with van der Waals surface area (Å²) in [5.41, 5.74) is 0.0977. The van der Waals surface area contributed by atoms with Crippen molar-refractivity contribution in [1.82, 2.24) is 5.32 Å². The van der Waals surface area contributed by atoms with Crippen molar-refractivity contribution in [3.8, 4) is 0 Å². The highest BCUT2D eigenvalue weighted by molar-refractivity contribution is 5.93. The molecule has 2 amide bonds. The molecule has 0 aliphatic heterocycles. The third-order valence-electron chi connectivity index (χ3n) is 1.78. The summed E-state index contributed by atoms with van der Waals surface area (Å²) >= 11 is 0. The van der Waals surface area contributed by atoms with Gasteiger partial charge in [-0.05, 0) is 12.1 Å². The Bertz CT molecular complexity index is 438. The number of benzene rings is 1. The van der Waals surface area contributed by atoms with Gasteiger partial charge in [0, 0.05) is 11.8 Å². The average molecular weight is 244 g/mol. The number of methoxy groups -OCH3 is 1. The van der Waals surface area contributed by atoms with Gasteiger partial charge in [-0.1, -0.05) is 0 Å². The van der Waals surface area contributed by atoms with Crippen LogP contribution in [0.15, 0.2) is 18.2 Å². The number of amides is 2. The summed E-state index contributed by atoms with van der Waals surface area (Å²) in [7, 11) is 1.16. The fourth-order valence-corrected chi connectivity index (χ4v) is 1.00. The van der Waals surface area contributed by atoms with Gasteiger partial charge in [0.15, 0.2) is 11.6 Å². The summed E-state index contributed by atoms with van der Waals surface area (Å²) in [6.45, 7) is -0.328. The van der Waals surface area contributed by atoms with Crippen LogP contribution in [0.5, 0.6) is 0 Å². The van der Waals surface area contributed by atoms with E-state index in [1.165, 1.54) is 6.07 Å². The molecule has 0 unspecified atom stereocenters. The number of nitrogens with one attached hydrogen (secondary N) is 2. The normalized spacial score (nSPS) is 9.59. The molecule has 0 fully saturated rings. The molecule has 1 rings (SSSR count). The van der Waals surface area contributed by atoms with Gasteiger partial charge in [0.1, 0.15) is 6.54 Å². The Morgan fingerprint density at radius 1 is 1.29 bits per heavy atom. The van der Waals surface area contributed by atoms with Crippen LogP contribution in [0.2, 0.25) is 0 Å². The highest BCUT2D eigenvalue weighted by Gasteiger charge is 2.07. The lowest BCUT2D eigenvalue weighted by Crippen LogP contribution is -2.32. The zero-order valence-corrected chi connectivity index (χ0v) is 8.92. The van der Waals surface area contributed by atoms with Crippen molar-refractivity contribution in [1.29, 1.82) is 0 Å². The van der Waals surface area contributed by atoms with Crippen LogP contribution in [0.25, 0.3) is 0 Å². The first-order chi connectivity index (χ1) is 8.02. The Kier molecular flexibility index (Phi) is 4.38. The summed E-state index contributed by atoms with van der Waals surface area (Å²) in [6, 6.07) is 2.93. The minimum Gasteiger partial charge on any atom is -0.453 e. The predicted molar refractivity (Wildman–Crippen MR) is 55.4 cm³/mol. The SMILES string of the molecule is COC(=O)NCC(=O)Nc1ccc(F)c(F)c1. The molecule has 0 saturated carbocycles. The van der Waals surface area contributed by atoms with Crippen molar-refractivity contribution in [3.63, 3.8) is 0 Å². The molecule has 0 spiro atoms. The van der Waals surface area contributed by atoms with Crippen LogP contribution in [0.1, 0.15) is 0 Å². The molecule has 0 heterocycles. The number of hydrogen-bond acceptors (Lipinski definition) is 3. The molecule has 1 aromatic carbocycles. The maximum Gasteiger partial charge on any atom is 0.407 e. The Morgan fingerprint density at radius 3 is 2.59 bits per heavy atom. The van der Waals surface area contributed by atoms with Gasteiger partial charge in [-0.15, -0.1) is 0 Å². The van der Waals surface area contributed by atoms with Gasteiger partial charge in [0.05, 0.1) is 7.11 Å². The molecular weight excluding hydrogens is 234 g/mol. The number of ether oxygens (including phenoxy) is 1. The Hall–Kier alpha value is -2.18. The number of alkyl carbamates (subject to hydrolysis) is 1. The second-order valence-corrected chi connectivity index (χ2v) is 3.02. The van der Waals surface area contributed by atoms with Gasteiger partial charge in [-0.25, -0.2) is 13.6 Å². The van der Waals surface area contributed by atoms with Gasteiger partial charge in [0.25, 0.3) is 0 Å². The van der Waals surface area contributed by atoms with Gasteiger partial charge in [-0.2, -0.15) is 0 Å².